The molecule has 1 aromatic rings. The SMILES string of the molecule is C#CCNC(=O)C(C)Sc1ccc(N)c(Cl)c1. The maximum absolute atomic E-state index is 11.6. The van der Waals surface area contributed by atoms with E-state index >= 15 is 0 Å². The molecule has 1 amide bonds. The second-order valence-corrected chi connectivity index (χ2v) is 5.19. The molecule has 0 bridgehead atoms. The van der Waals surface area contributed by atoms with Crippen molar-refractivity contribution in [2.24, 2.45) is 0 Å². The van der Waals surface area contributed by atoms with E-state index in [0.29, 0.717) is 10.7 Å². The number of amides is 1. The molecule has 0 spiro atoms. The Balaban J connectivity index is 2.62. The Bertz CT molecular complexity index is 456. The number of hydrogen-bond acceptors (Lipinski definition) is 3. The van der Waals surface area contributed by atoms with Crippen molar-refractivity contribution >= 4 is 35.0 Å². The first-order valence-electron chi connectivity index (χ1n) is 4.97. The maximum atomic E-state index is 11.6. The van der Waals surface area contributed by atoms with Gasteiger partial charge in [-0.05, 0) is 25.1 Å². The smallest absolute Gasteiger partial charge is 0.233 e. The highest BCUT2D eigenvalue weighted by Crippen LogP contribution is 2.28. The minimum atomic E-state index is -0.233. The van der Waals surface area contributed by atoms with Crippen LogP contribution in [0.1, 0.15) is 6.92 Å². The van der Waals surface area contributed by atoms with Crippen LogP contribution in [-0.4, -0.2) is 17.7 Å². The summed E-state index contributed by atoms with van der Waals surface area (Å²) in [7, 11) is 0. The zero-order valence-electron chi connectivity index (χ0n) is 9.37. The number of hydrogen-bond donors (Lipinski definition) is 2. The van der Waals surface area contributed by atoms with E-state index in [1.54, 1.807) is 19.1 Å². The number of carbonyl (C=O) groups excluding carboxylic acids is 1. The summed E-state index contributed by atoms with van der Waals surface area (Å²) < 4.78 is 0. The van der Waals surface area contributed by atoms with E-state index in [-0.39, 0.29) is 17.7 Å². The summed E-state index contributed by atoms with van der Waals surface area (Å²) in [6.45, 7) is 2.05. The van der Waals surface area contributed by atoms with Crippen LogP contribution in [-0.2, 0) is 4.79 Å². The van der Waals surface area contributed by atoms with Gasteiger partial charge in [0.2, 0.25) is 5.91 Å². The average molecular weight is 269 g/mol. The number of nitrogens with two attached hydrogens (primary N) is 1. The third kappa shape index (κ3) is 4.22. The van der Waals surface area contributed by atoms with Crippen LogP contribution >= 0.6 is 23.4 Å². The maximum Gasteiger partial charge on any atom is 0.233 e. The van der Waals surface area contributed by atoms with Crippen molar-refractivity contribution < 1.29 is 4.79 Å². The number of nitrogens with one attached hydrogen (secondary N) is 1. The van der Waals surface area contributed by atoms with Gasteiger partial charge in [0.05, 0.1) is 22.5 Å². The lowest BCUT2D eigenvalue weighted by atomic mass is 10.3. The number of halogens is 1. The summed E-state index contributed by atoms with van der Waals surface area (Å²) in [5, 5.41) is 2.88. The molecular formula is C12H13ClN2OS. The van der Waals surface area contributed by atoms with Crippen LogP contribution in [0, 0.1) is 12.3 Å². The number of thioether (sulfide) groups is 1. The van der Waals surface area contributed by atoms with Crippen molar-refractivity contribution in [2.75, 3.05) is 12.3 Å². The lowest BCUT2D eigenvalue weighted by Gasteiger charge is -2.11. The summed E-state index contributed by atoms with van der Waals surface area (Å²) in [4.78, 5) is 12.5. The Morgan fingerprint density at radius 1 is 1.71 bits per heavy atom. The van der Waals surface area contributed by atoms with Crippen molar-refractivity contribution in [1.82, 2.24) is 5.32 Å². The Morgan fingerprint density at radius 3 is 3.00 bits per heavy atom. The molecule has 0 radical (unpaired) electrons. The van der Waals surface area contributed by atoms with Crippen LogP contribution < -0.4 is 11.1 Å². The van der Waals surface area contributed by atoms with Crippen LogP contribution in [0.3, 0.4) is 0 Å². The van der Waals surface area contributed by atoms with E-state index in [0.717, 1.165) is 4.90 Å². The van der Waals surface area contributed by atoms with Crippen LogP contribution in [0.15, 0.2) is 23.1 Å². The van der Waals surface area contributed by atoms with E-state index in [1.165, 1.54) is 11.8 Å². The first-order chi connectivity index (χ1) is 8.04. The Labute approximate surface area is 110 Å². The fourth-order valence-corrected chi connectivity index (χ4v) is 2.30. The van der Waals surface area contributed by atoms with Gasteiger partial charge in [-0.1, -0.05) is 17.5 Å². The van der Waals surface area contributed by atoms with Gasteiger partial charge >= 0.3 is 0 Å². The minimum Gasteiger partial charge on any atom is -0.398 e. The molecule has 0 saturated heterocycles. The van der Waals surface area contributed by atoms with Gasteiger partial charge in [0, 0.05) is 4.90 Å². The Hall–Kier alpha value is -1.31. The normalized spacial score (nSPS) is 11.6. The second-order valence-electron chi connectivity index (χ2n) is 3.37. The lowest BCUT2D eigenvalue weighted by Crippen LogP contribution is -2.30. The molecule has 3 N–H and O–H groups in total. The highest BCUT2D eigenvalue weighted by atomic mass is 35.5. The average Bonchev–Trinajstić information content (AvgIpc) is 2.30. The van der Waals surface area contributed by atoms with Crippen LogP contribution in [0.5, 0.6) is 0 Å². The fourth-order valence-electron chi connectivity index (χ4n) is 1.12. The van der Waals surface area contributed by atoms with Crippen LogP contribution in [0.25, 0.3) is 0 Å². The van der Waals surface area contributed by atoms with E-state index in [2.05, 4.69) is 11.2 Å². The zero-order chi connectivity index (χ0) is 12.8. The molecule has 1 unspecified atom stereocenters. The van der Waals surface area contributed by atoms with Crippen molar-refractivity contribution in [3.05, 3.63) is 23.2 Å². The molecule has 1 aromatic carbocycles. The monoisotopic (exact) mass is 268 g/mol. The number of carbonyl (C=O) groups is 1. The van der Waals surface area contributed by atoms with Gasteiger partial charge in [-0.2, -0.15) is 0 Å². The quantitative estimate of drug-likeness (QED) is 0.500. The molecule has 5 heteroatoms. The molecule has 3 nitrogen and oxygen atoms in total. The number of terminal acetylenes is 1. The summed E-state index contributed by atoms with van der Waals surface area (Å²) in [6, 6.07) is 5.29. The van der Waals surface area contributed by atoms with Gasteiger partial charge < -0.3 is 11.1 Å². The van der Waals surface area contributed by atoms with Crippen molar-refractivity contribution in [3.8, 4) is 12.3 Å². The molecule has 1 rings (SSSR count). The second kappa shape index (κ2) is 6.43. The van der Waals surface area contributed by atoms with Crippen molar-refractivity contribution in [1.29, 1.82) is 0 Å². The molecule has 1 atom stereocenters. The summed E-state index contributed by atoms with van der Waals surface area (Å²) in [5.74, 6) is 2.26. The highest BCUT2D eigenvalue weighted by molar-refractivity contribution is 8.00. The third-order valence-corrected chi connectivity index (χ3v) is 3.44. The van der Waals surface area contributed by atoms with Crippen LogP contribution in [0.4, 0.5) is 5.69 Å². The Kier molecular flexibility index (Phi) is 5.20. The third-order valence-electron chi connectivity index (χ3n) is 2.02. The molecule has 0 aliphatic carbocycles. The van der Waals surface area contributed by atoms with E-state index < -0.39 is 0 Å². The zero-order valence-corrected chi connectivity index (χ0v) is 10.9. The topological polar surface area (TPSA) is 55.1 Å². The number of benzene rings is 1. The molecule has 0 aliphatic heterocycles. The minimum absolute atomic E-state index is 0.0964. The van der Waals surface area contributed by atoms with Gasteiger partial charge in [-0.15, -0.1) is 18.2 Å². The molecule has 17 heavy (non-hydrogen) atoms. The molecule has 90 valence electrons. The molecule has 0 heterocycles. The predicted octanol–water partition coefficient (Wildman–Crippen LogP) is 2.15. The lowest BCUT2D eigenvalue weighted by molar-refractivity contribution is -0.120. The van der Waals surface area contributed by atoms with E-state index in [9.17, 15) is 4.79 Å². The molecule has 0 aromatic heterocycles. The first kappa shape index (κ1) is 13.8. The van der Waals surface area contributed by atoms with Gasteiger partial charge in [-0.3, -0.25) is 4.79 Å². The van der Waals surface area contributed by atoms with Gasteiger partial charge in [0.15, 0.2) is 0 Å². The summed E-state index contributed by atoms with van der Waals surface area (Å²) in [6.07, 6.45) is 5.06. The molecule has 0 aliphatic rings. The number of anilines is 1. The molecule has 0 fully saturated rings. The van der Waals surface area contributed by atoms with Gasteiger partial charge in [0.25, 0.3) is 0 Å². The largest absolute Gasteiger partial charge is 0.398 e. The molecule has 0 saturated carbocycles. The van der Waals surface area contributed by atoms with Gasteiger partial charge in [0.1, 0.15) is 0 Å². The van der Waals surface area contributed by atoms with Gasteiger partial charge in [-0.25, -0.2) is 0 Å². The van der Waals surface area contributed by atoms with E-state index in [1.807, 2.05) is 6.07 Å². The first-order valence-corrected chi connectivity index (χ1v) is 6.23. The number of nitrogen functional groups attached to an aromatic ring is 1. The fraction of sp³-hybridized carbons (Fsp3) is 0.250. The summed E-state index contributed by atoms with van der Waals surface area (Å²) >= 11 is 7.30. The van der Waals surface area contributed by atoms with Crippen molar-refractivity contribution in [2.45, 2.75) is 17.1 Å². The van der Waals surface area contributed by atoms with Crippen LogP contribution in [0.2, 0.25) is 5.02 Å². The van der Waals surface area contributed by atoms with E-state index in [4.69, 9.17) is 23.8 Å². The highest BCUT2D eigenvalue weighted by Gasteiger charge is 2.13. The summed E-state index contributed by atoms with van der Waals surface area (Å²) in [5.41, 5.74) is 6.13. The Morgan fingerprint density at radius 2 is 2.41 bits per heavy atom. The van der Waals surface area contributed by atoms with Crippen molar-refractivity contribution in [3.63, 3.8) is 0 Å². The molecular weight excluding hydrogens is 256 g/mol. The predicted molar refractivity (Wildman–Crippen MR) is 73.0 cm³/mol. The standard InChI is InChI=1S/C12H13ClN2OS/c1-3-6-15-12(16)8(2)17-9-4-5-11(14)10(13)7-9/h1,4-5,7-8H,6,14H2,2H3,(H,15,16). The number of rotatable bonds is 4.